The summed E-state index contributed by atoms with van der Waals surface area (Å²) in [5, 5.41) is 3.69. The van der Waals surface area contributed by atoms with Crippen molar-refractivity contribution in [1.29, 1.82) is 0 Å². The highest BCUT2D eigenvalue weighted by molar-refractivity contribution is 9.10. The topological polar surface area (TPSA) is 12.0 Å². The summed E-state index contributed by atoms with van der Waals surface area (Å²) < 4.78 is 1.25. The molecule has 1 N–H and O–H groups in total. The highest BCUT2D eigenvalue weighted by atomic mass is 79.9. The van der Waals surface area contributed by atoms with Crippen LogP contribution in [0.4, 0.5) is 0 Å². The zero-order valence-electron chi connectivity index (χ0n) is 11.9. The molecule has 1 nitrogen and oxygen atoms in total. The number of benzene rings is 1. The molecule has 0 bridgehead atoms. The second kappa shape index (κ2) is 6.00. The van der Waals surface area contributed by atoms with Crippen molar-refractivity contribution in [2.75, 3.05) is 6.54 Å². The van der Waals surface area contributed by atoms with Crippen LogP contribution >= 0.6 is 27.3 Å². The number of rotatable bonds is 5. The molecule has 1 aromatic heterocycles. The van der Waals surface area contributed by atoms with Gasteiger partial charge in [-0.2, -0.15) is 0 Å². The quantitative estimate of drug-likeness (QED) is 0.774. The molecular formula is C17H20BrNS. The number of halogens is 1. The molecule has 3 atom stereocenters. The maximum atomic E-state index is 3.69. The van der Waals surface area contributed by atoms with E-state index in [2.05, 4.69) is 71.5 Å². The van der Waals surface area contributed by atoms with Crippen molar-refractivity contribution in [3.8, 4) is 0 Å². The molecule has 3 rings (SSSR count). The van der Waals surface area contributed by atoms with E-state index in [0.717, 1.165) is 18.4 Å². The standard InChI is InChI=1S/C17H20BrNS/c1-3-19-17(16-10-15(18)11(2)20-16)14-9-13(14)12-7-5-4-6-8-12/h4-8,10,13-14,17,19H,3,9H2,1-2H3. The van der Waals surface area contributed by atoms with Crippen molar-refractivity contribution in [1.82, 2.24) is 5.32 Å². The fraction of sp³-hybridized carbons (Fsp3) is 0.412. The third kappa shape index (κ3) is 2.85. The molecule has 0 saturated heterocycles. The predicted molar refractivity (Wildman–Crippen MR) is 90.5 cm³/mol. The van der Waals surface area contributed by atoms with Gasteiger partial charge in [0, 0.05) is 20.3 Å². The van der Waals surface area contributed by atoms with Crippen LogP contribution in [0.1, 0.15) is 40.6 Å². The van der Waals surface area contributed by atoms with E-state index in [1.165, 1.54) is 26.2 Å². The molecule has 0 amide bonds. The molecule has 1 aromatic carbocycles. The normalized spacial score (nSPS) is 22.8. The van der Waals surface area contributed by atoms with Crippen LogP contribution in [0.15, 0.2) is 40.9 Å². The Morgan fingerprint density at radius 1 is 1.35 bits per heavy atom. The average molecular weight is 350 g/mol. The Labute approximate surface area is 133 Å². The van der Waals surface area contributed by atoms with Gasteiger partial charge in [-0.05, 0) is 59.3 Å². The third-order valence-electron chi connectivity index (χ3n) is 4.10. The van der Waals surface area contributed by atoms with Gasteiger partial charge in [-0.15, -0.1) is 11.3 Å². The fourth-order valence-corrected chi connectivity index (χ4v) is 4.70. The molecule has 2 aromatic rings. The number of nitrogens with one attached hydrogen (secondary N) is 1. The van der Waals surface area contributed by atoms with Crippen LogP contribution in [0, 0.1) is 12.8 Å². The van der Waals surface area contributed by atoms with Crippen LogP contribution in [0.5, 0.6) is 0 Å². The zero-order chi connectivity index (χ0) is 14.1. The van der Waals surface area contributed by atoms with Crippen LogP contribution < -0.4 is 5.32 Å². The lowest BCUT2D eigenvalue weighted by molar-refractivity contribution is 0.494. The molecular weight excluding hydrogens is 330 g/mol. The number of aryl methyl sites for hydroxylation is 1. The summed E-state index contributed by atoms with van der Waals surface area (Å²) in [7, 11) is 0. The lowest BCUT2D eigenvalue weighted by Gasteiger charge is -2.16. The van der Waals surface area contributed by atoms with Crippen LogP contribution in [0.2, 0.25) is 0 Å². The van der Waals surface area contributed by atoms with Crippen molar-refractivity contribution in [2.24, 2.45) is 5.92 Å². The minimum Gasteiger partial charge on any atom is -0.309 e. The van der Waals surface area contributed by atoms with Gasteiger partial charge in [-0.1, -0.05) is 37.3 Å². The third-order valence-corrected chi connectivity index (χ3v) is 6.32. The number of thiophene rings is 1. The summed E-state index contributed by atoms with van der Waals surface area (Å²) in [4.78, 5) is 2.85. The minimum atomic E-state index is 0.500. The van der Waals surface area contributed by atoms with Crippen LogP contribution in [-0.4, -0.2) is 6.54 Å². The Morgan fingerprint density at radius 3 is 2.70 bits per heavy atom. The van der Waals surface area contributed by atoms with E-state index >= 15 is 0 Å². The summed E-state index contributed by atoms with van der Waals surface area (Å²) in [6.45, 7) is 5.41. The fourth-order valence-electron chi connectivity index (χ4n) is 2.98. The molecule has 3 unspecified atom stereocenters. The molecule has 1 saturated carbocycles. The second-order valence-electron chi connectivity index (χ2n) is 5.50. The molecule has 1 aliphatic rings. The summed E-state index contributed by atoms with van der Waals surface area (Å²) in [6, 6.07) is 13.7. The highest BCUT2D eigenvalue weighted by Gasteiger charge is 2.44. The molecule has 1 aliphatic carbocycles. The molecule has 106 valence electrons. The Kier molecular flexibility index (Phi) is 4.29. The van der Waals surface area contributed by atoms with Gasteiger partial charge >= 0.3 is 0 Å². The number of hydrogen-bond donors (Lipinski definition) is 1. The summed E-state index contributed by atoms with van der Waals surface area (Å²) in [5.74, 6) is 1.46. The Morgan fingerprint density at radius 2 is 2.10 bits per heavy atom. The molecule has 0 aliphatic heterocycles. The van der Waals surface area contributed by atoms with Gasteiger partial charge in [0.15, 0.2) is 0 Å². The summed E-state index contributed by atoms with van der Waals surface area (Å²) in [5.41, 5.74) is 1.49. The second-order valence-corrected chi connectivity index (χ2v) is 7.65. The van der Waals surface area contributed by atoms with Crippen LogP contribution in [0.3, 0.4) is 0 Å². The first-order valence-corrected chi connectivity index (χ1v) is 8.85. The first-order chi connectivity index (χ1) is 9.70. The van der Waals surface area contributed by atoms with E-state index in [1.54, 1.807) is 0 Å². The number of hydrogen-bond acceptors (Lipinski definition) is 2. The molecule has 1 fully saturated rings. The van der Waals surface area contributed by atoms with Crippen molar-refractivity contribution < 1.29 is 0 Å². The maximum Gasteiger partial charge on any atom is 0.0449 e. The first-order valence-electron chi connectivity index (χ1n) is 7.25. The van der Waals surface area contributed by atoms with E-state index in [-0.39, 0.29) is 0 Å². The van der Waals surface area contributed by atoms with E-state index < -0.39 is 0 Å². The first kappa shape index (κ1) is 14.3. The monoisotopic (exact) mass is 349 g/mol. The van der Waals surface area contributed by atoms with Crippen molar-refractivity contribution in [3.05, 3.63) is 56.2 Å². The minimum absolute atomic E-state index is 0.500. The molecule has 3 heteroatoms. The van der Waals surface area contributed by atoms with E-state index in [4.69, 9.17) is 0 Å². The SMILES string of the molecule is CCNC(c1cc(Br)c(C)s1)C1CC1c1ccccc1. The molecule has 1 heterocycles. The highest BCUT2D eigenvalue weighted by Crippen LogP contribution is 2.55. The molecule has 20 heavy (non-hydrogen) atoms. The van der Waals surface area contributed by atoms with Gasteiger partial charge in [0.2, 0.25) is 0 Å². The van der Waals surface area contributed by atoms with Gasteiger partial charge in [0.25, 0.3) is 0 Å². The summed E-state index contributed by atoms with van der Waals surface area (Å²) >= 11 is 5.57. The van der Waals surface area contributed by atoms with Gasteiger partial charge in [-0.25, -0.2) is 0 Å². The van der Waals surface area contributed by atoms with E-state index in [0.29, 0.717) is 6.04 Å². The Bertz CT molecular complexity index is 558. The maximum absolute atomic E-state index is 3.69. The Hall–Kier alpha value is -0.640. The van der Waals surface area contributed by atoms with Gasteiger partial charge in [0.1, 0.15) is 0 Å². The smallest absolute Gasteiger partial charge is 0.0449 e. The molecule has 0 radical (unpaired) electrons. The van der Waals surface area contributed by atoms with Crippen molar-refractivity contribution in [3.63, 3.8) is 0 Å². The lowest BCUT2D eigenvalue weighted by Crippen LogP contribution is -2.22. The van der Waals surface area contributed by atoms with E-state index in [1.807, 2.05) is 11.3 Å². The van der Waals surface area contributed by atoms with Gasteiger partial charge < -0.3 is 5.32 Å². The van der Waals surface area contributed by atoms with Crippen LogP contribution in [-0.2, 0) is 0 Å². The Balaban J connectivity index is 1.79. The zero-order valence-corrected chi connectivity index (χ0v) is 14.3. The van der Waals surface area contributed by atoms with Gasteiger partial charge in [0.05, 0.1) is 0 Å². The van der Waals surface area contributed by atoms with Crippen molar-refractivity contribution >= 4 is 27.3 Å². The van der Waals surface area contributed by atoms with Crippen molar-refractivity contribution in [2.45, 2.75) is 32.2 Å². The van der Waals surface area contributed by atoms with Gasteiger partial charge in [-0.3, -0.25) is 0 Å². The summed E-state index contributed by atoms with van der Waals surface area (Å²) in [6.07, 6.45) is 1.30. The molecule has 0 spiro atoms. The van der Waals surface area contributed by atoms with E-state index in [9.17, 15) is 0 Å². The largest absolute Gasteiger partial charge is 0.309 e. The van der Waals surface area contributed by atoms with Crippen LogP contribution in [0.25, 0.3) is 0 Å². The average Bonchev–Trinajstić information content (AvgIpc) is 3.18. The predicted octanol–water partition coefficient (Wildman–Crippen LogP) is 5.27. The lowest BCUT2D eigenvalue weighted by atomic mass is 10.0.